The number of hydrogen-bond donors (Lipinski definition) is 1. The summed E-state index contributed by atoms with van der Waals surface area (Å²) in [6.45, 7) is 1.19. The van der Waals surface area contributed by atoms with E-state index in [1.54, 1.807) is 30.3 Å². The third kappa shape index (κ3) is 4.09. The fraction of sp³-hybridized carbons (Fsp3) is 0.333. The summed E-state index contributed by atoms with van der Waals surface area (Å²) in [5.41, 5.74) is 0.837. The second-order valence-corrected chi connectivity index (χ2v) is 5.00. The van der Waals surface area contributed by atoms with E-state index in [1.165, 1.54) is 0 Å². The minimum atomic E-state index is -0.377. The second kappa shape index (κ2) is 7.09. The highest BCUT2D eigenvalue weighted by atomic mass is 35.5. The molecule has 4 nitrogen and oxygen atoms in total. The molecule has 0 aromatic heterocycles. The molecule has 1 aliphatic heterocycles. The lowest BCUT2D eigenvalue weighted by molar-refractivity contribution is -0.117. The normalized spacial score (nSPS) is 18.6. The molecule has 1 N–H and O–H groups in total. The second-order valence-electron chi connectivity index (χ2n) is 4.57. The molecule has 104 valence electrons. The summed E-state index contributed by atoms with van der Waals surface area (Å²) in [7, 11) is 0. The number of amides is 1. The molecule has 1 saturated heterocycles. The van der Waals surface area contributed by atoms with Gasteiger partial charge < -0.3 is 10.1 Å². The highest BCUT2D eigenvalue weighted by molar-refractivity contribution is 6.30. The highest BCUT2D eigenvalue weighted by Crippen LogP contribution is 2.13. The van der Waals surface area contributed by atoms with Crippen molar-refractivity contribution in [1.82, 2.24) is 5.32 Å². The van der Waals surface area contributed by atoms with Gasteiger partial charge in [-0.05, 0) is 36.6 Å². The van der Waals surface area contributed by atoms with Crippen LogP contribution < -0.4 is 5.32 Å². The fourth-order valence-corrected chi connectivity index (χ4v) is 2.11. The van der Waals surface area contributed by atoms with Gasteiger partial charge in [0.05, 0.1) is 6.10 Å². The van der Waals surface area contributed by atoms with E-state index in [2.05, 4.69) is 5.32 Å². The summed E-state index contributed by atoms with van der Waals surface area (Å²) < 4.78 is 5.42. The van der Waals surface area contributed by atoms with E-state index in [0.29, 0.717) is 11.6 Å². The molecular formula is C15H15ClN2O2. The lowest BCUT2D eigenvalue weighted by Gasteiger charge is -2.10. The van der Waals surface area contributed by atoms with E-state index in [4.69, 9.17) is 21.6 Å². The van der Waals surface area contributed by atoms with Gasteiger partial charge in [0.25, 0.3) is 5.91 Å². The first-order valence-corrected chi connectivity index (χ1v) is 6.84. The van der Waals surface area contributed by atoms with E-state index in [1.807, 2.05) is 6.07 Å². The van der Waals surface area contributed by atoms with Crippen LogP contribution in [0.2, 0.25) is 5.02 Å². The Labute approximate surface area is 123 Å². The summed E-state index contributed by atoms with van der Waals surface area (Å²) >= 11 is 5.79. The number of carbonyl (C=O) groups is 1. The number of ether oxygens (including phenoxy) is 1. The zero-order chi connectivity index (χ0) is 14.4. The Kier molecular flexibility index (Phi) is 5.16. The van der Waals surface area contributed by atoms with Crippen molar-refractivity contribution in [3.63, 3.8) is 0 Å². The van der Waals surface area contributed by atoms with Gasteiger partial charge in [-0.1, -0.05) is 23.7 Å². The van der Waals surface area contributed by atoms with Gasteiger partial charge in [-0.2, -0.15) is 5.26 Å². The van der Waals surface area contributed by atoms with Crippen LogP contribution in [0.4, 0.5) is 0 Å². The number of nitrogens with zero attached hydrogens (tertiary/aromatic N) is 1. The Hall–Kier alpha value is -1.83. The first-order chi connectivity index (χ1) is 9.69. The lowest BCUT2D eigenvalue weighted by Crippen LogP contribution is -2.32. The predicted molar refractivity (Wildman–Crippen MR) is 77.0 cm³/mol. The molecule has 1 atom stereocenters. The molecule has 1 amide bonds. The third-order valence-electron chi connectivity index (χ3n) is 3.06. The average Bonchev–Trinajstić information content (AvgIpc) is 2.97. The van der Waals surface area contributed by atoms with Crippen LogP contribution in [0.3, 0.4) is 0 Å². The van der Waals surface area contributed by atoms with Crippen LogP contribution in [-0.4, -0.2) is 25.2 Å². The van der Waals surface area contributed by atoms with Gasteiger partial charge in [0.1, 0.15) is 11.6 Å². The van der Waals surface area contributed by atoms with Crippen molar-refractivity contribution < 1.29 is 9.53 Å². The summed E-state index contributed by atoms with van der Waals surface area (Å²) in [5.74, 6) is -0.377. The Morgan fingerprint density at radius 3 is 2.85 bits per heavy atom. The van der Waals surface area contributed by atoms with Crippen molar-refractivity contribution in [3.05, 3.63) is 40.4 Å². The summed E-state index contributed by atoms with van der Waals surface area (Å²) in [6.07, 6.45) is 3.57. The van der Waals surface area contributed by atoms with Crippen molar-refractivity contribution in [2.24, 2.45) is 0 Å². The van der Waals surface area contributed by atoms with Gasteiger partial charge in [-0.25, -0.2) is 0 Å². The topological polar surface area (TPSA) is 62.1 Å². The number of rotatable bonds is 4. The molecule has 1 aromatic carbocycles. The van der Waals surface area contributed by atoms with Gasteiger partial charge >= 0.3 is 0 Å². The minimum Gasteiger partial charge on any atom is -0.376 e. The number of benzene rings is 1. The van der Waals surface area contributed by atoms with Crippen LogP contribution >= 0.6 is 11.6 Å². The van der Waals surface area contributed by atoms with E-state index in [-0.39, 0.29) is 17.6 Å². The first kappa shape index (κ1) is 14.6. The molecule has 5 heteroatoms. The number of nitriles is 1. The maximum absolute atomic E-state index is 11.9. The van der Waals surface area contributed by atoms with Crippen LogP contribution in [0.5, 0.6) is 0 Å². The Morgan fingerprint density at radius 1 is 1.50 bits per heavy atom. The Morgan fingerprint density at radius 2 is 2.25 bits per heavy atom. The van der Waals surface area contributed by atoms with Gasteiger partial charge in [-0.15, -0.1) is 0 Å². The summed E-state index contributed by atoms with van der Waals surface area (Å²) in [5, 5.41) is 12.4. The van der Waals surface area contributed by atoms with E-state index < -0.39 is 0 Å². The molecular weight excluding hydrogens is 276 g/mol. The van der Waals surface area contributed by atoms with Crippen molar-refractivity contribution in [1.29, 1.82) is 5.26 Å². The molecule has 1 heterocycles. The average molecular weight is 291 g/mol. The minimum absolute atomic E-state index is 0.0643. The first-order valence-electron chi connectivity index (χ1n) is 6.46. The molecule has 0 bridgehead atoms. The van der Waals surface area contributed by atoms with Crippen LogP contribution in [0.15, 0.2) is 29.8 Å². The molecule has 0 spiro atoms. The maximum Gasteiger partial charge on any atom is 0.262 e. The standard InChI is InChI=1S/C15H15ClN2O2/c16-13-5-3-11(4-6-13)8-12(9-17)15(19)18-10-14-2-1-7-20-14/h3-6,8,14H,1-2,7,10H2,(H,18,19)/b12-8+/t14-/m0/s1. The number of nitrogens with one attached hydrogen (secondary N) is 1. The molecule has 0 aliphatic carbocycles. The zero-order valence-electron chi connectivity index (χ0n) is 10.9. The molecule has 0 radical (unpaired) electrons. The number of halogens is 1. The Balaban J connectivity index is 1.97. The monoisotopic (exact) mass is 290 g/mol. The van der Waals surface area contributed by atoms with Crippen molar-refractivity contribution in [2.75, 3.05) is 13.2 Å². The highest BCUT2D eigenvalue weighted by Gasteiger charge is 2.17. The third-order valence-corrected chi connectivity index (χ3v) is 3.31. The largest absolute Gasteiger partial charge is 0.376 e. The summed E-state index contributed by atoms with van der Waals surface area (Å²) in [4.78, 5) is 11.9. The molecule has 1 aromatic rings. The van der Waals surface area contributed by atoms with Gasteiger partial charge in [-0.3, -0.25) is 4.79 Å². The number of hydrogen-bond acceptors (Lipinski definition) is 3. The molecule has 0 saturated carbocycles. The Bertz CT molecular complexity index is 540. The molecule has 1 aliphatic rings. The van der Waals surface area contributed by atoms with E-state index >= 15 is 0 Å². The van der Waals surface area contributed by atoms with E-state index in [0.717, 1.165) is 25.0 Å². The van der Waals surface area contributed by atoms with Crippen LogP contribution in [0, 0.1) is 11.3 Å². The van der Waals surface area contributed by atoms with Gasteiger partial charge in [0.2, 0.25) is 0 Å². The van der Waals surface area contributed by atoms with Crippen LogP contribution in [0.1, 0.15) is 18.4 Å². The molecule has 2 rings (SSSR count). The SMILES string of the molecule is N#C/C(=C\c1ccc(Cl)cc1)C(=O)NC[C@@H]1CCCO1. The molecule has 1 fully saturated rings. The van der Waals surface area contributed by atoms with Gasteiger partial charge in [0, 0.05) is 18.2 Å². The quantitative estimate of drug-likeness (QED) is 0.685. The molecule has 20 heavy (non-hydrogen) atoms. The maximum atomic E-state index is 11.9. The summed E-state index contributed by atoms with van der Waals surface area (Å²) in [6, 6.07) is 8.86. The van der Waals surface area contributed by atoms with E-state index in [9.17, 15) is 4.79 Å². The van der Waals surface area contributed by atoms with Gasteiger partial charge in [0.15, 0.2) is 0 Å². The van der Waals surface area contributed by atoms with Crippen LogP contribution in [0.25, 0.3) is 6.08 Å². The zero-order valence-corrected chi connectivity index (χ0v) is 11.7. The smallest absolute Gasteiger partial charge is 0.262 e. The lowest BCUT2D eigenvalue weighted by atomic mass is 10.1. The van der Waals surface area contributed by atoms with Crippen molar-refractivity contribution in [2.45, 2.75) is 18.9 Å². The molecule has 0 unspecified atom stereocenters. The van der Waals surface area contributed by atoms with Crippen molar-refractivity contribution >= 4 is 23.6 Å². The fourth-order valence-electron chi connectivity index (χ4n) is 1.98. The van der Waals surface area contributed by atoms with Crippen molar-refractivity contribution in [3.8, 4) is 6.07 Å². The predicted octanol–water partition coefficient (Wildman–Crippen LogP) is 2.54. The van der Waals surface area contributed by atoms with Crippen LogP contribution in [-0.2, 0) is 9.53 Å². The number of carbonyl (C=O) groups excluding carboxylic acids is 1.